The lowest BCUT2D eigenvalue weighted by Crippen LogP contribution is -2.17. The van der Waals surface area contributed by atoms with E-state index >= 15 is 0 Å². The fraction of sp³-hybridized carbons (Fsp3) is 0.368. The molecule has 0 saturated carbocycles. The Morgan fingerprint density at radius 1 is 0.958 bits per heavy atom. The van der Waals surface area contributed by atoms with Gasteiger partial charge in [0.15, 0.2) is 0 Å². The summed E-state index contributed by atoms with van der Waals surface area (Å²) in [5.74, 6) is 2.13. The minimum Gasteiger partial charge on any atom is -0.508 e. The molecule has 24 heavy (non-hydrogen) atoms. The van der Waals surface area contributed by atoms with Crippen molar-refractivity contribution < 1.29 is 14.6 Å². The number of phenols is 1. The fourth-order valence-electron chi connectivity index (χ4n) is 2.60. The third-order valence-electron chi connectivity index (χ3n) is 3.94. The summed E-state index contributed by atoms with van der Waals surface area (Å²) < 4.78 is 11.0. The van der Waals surface area contributed by atoms with Crippen LogP contribution in [0.25, 0.3) is 0 Å². The summed E-state index contributed by atoms with van der Waals surface area (Å²) in [6, 6.07) is 11.5. The van der Waals surface area contributed by atoms with Crippen LogP contribution in [0.1, 0.15) is 23.6 Å². The van der Waals surface area contributed by atoms with Gasteiger partial charge in [0, 0.05) is 12.1 Å². The number of para-hydroxylation sites is 1. The lowest BCUT2D eigenvalue weighted by Gasteiger charge is -2.14. The van der Waals surface area contributed by atoms with Gasteiger partial charge in [0.05, 0.1) is 14.2 Å². The monoisotopic (exact) mass is 351 g/mol. The zero-order valence-electron chi connectivity index (χ0n) is 14.5. The van der Waals surface area contributed by atoms with E-state index in [1.54, 1.807) is 20.3 Å². The number of aryl methyl sites for hydroxylation is 1. The molecule has 0 aliphatic rings. The standard InChI is InChI=1S/C19H25NO3.ClH/c1-4-14-11-19(23-3)15(12-18(14)22-2)9-10-20-13-16-7-5-6-8-17(16)21;/h5-8,11-12,20-21H,4,9-10,13H2,1-3H3;1H. The summed E-state index contributed by atoms with van der Waals surface area (Å²) in [5, 5.41) is 13.1. The normalized spacial score (nSPS) is 10.1. The molecule has 0 fully saturated rings. The van der Waals surface area contributed by atoms with Crippen molar-refractivity contribution in [3.05, 3.63) is 53.1 Å². The van der Waals surface area contributed by atoms with Crippen molar-refractivity contribution in [3.63, 3.8) is 0 Å². The first-order chi connectivity index (χ1) is 11.2. The molecule has 0 heterocycles. The van der Waals surface area contributed by atoms with Gasteiger partial charge in [0.25, 0.3) is 0 Å². The second kappa shape index (κ2) is 10.1. The molecular weight excluding hydrogens is 326 g/mol. The summed E-state index contributed by atoms with van der Waals surface area (Å²) in [6.07, 6.45) is 1.74. The molecule has 0 unspecified atom stereocenters. The van der Waals surface area contributed by atoms with Crippen molar-refractivity contribution in [3.8, 4) is 17.2 Å². The Bertz CT molecular complexity index is 647. The predicted octanol–water partition coefficient (Wildman–Crippen LogP) is 3.73. The van der Waals surface area contributed by atoms with Crippen LogP contribution in [0.2, 0.25) is 0 Å². The van der Waals surface area contributed by atoms with Gasteiger partial charge in [-0.3, -0.25) is 0 Å². The average molecular weight is 352 g/mol. The maximum absolute atomic E-state index is 9.76. The lowest BCUT2D eigenvalue weighted by atomic mass is 10.0. The molecule has 4 nitrogen and oxygen atoms in total. The Balaban J connectivity index is 0.00000288. The number of hydrogen-bond donors (Lipinski definition) is 2. The van der Waals surface area contributed by atoms with E-state index in [1.807, 2.05) is 18.2 Å². The van der Waals surface area contributed by atoms with Gasteiger partial charge < -0.3 is 19.9 Å². The molecule has 0 amide bonds. The zero-order chi connectivity index (χ0) is 16.7. The van der Waals surface area contributed by atoms with Crippen LogP contribution < -0.4 is 14.8 Å². The third-order valence-corrected chi connectivity index (χ3v) is 3.94. The van der Waals surface area contributed by atoms with Crippen molar-refractivity contribution in [2.45, 2.75) is 26.3 Å². The van der Waals surface area contributed by atoms with Gasteiger partial charge in [-0.1, -0.05) is 25.1 Å². The highest BCUT2D eigenvalue weighted by Crippen LogP contribution is 2.29. The first kappa shape index (κ1) is 20.1. The molecule has 132 valence electrons. The molecule has 2 rings (SSSR count). The first-order valence-corrected chi connectivity index (χ1v) is 7.91. The summed E-state index contributed by atoms with van der Waals surface area (Å²) in [4.78, 5) is 0. The van der Waals surface area contributed by atoms with E-state index in [4.69, 9.17) is 9.47 Å². The van der Waals surface area contributed by atoms with Crippen LogP contribution >= 0.6 is 12.4 Å². The average Bonchev–Trinajstić information content (AvgIpc) is 2.59. The van der Waals surface area contributed by atoms with Crippen molar-refractivity contribution in [1.82, 2.24) is 5.32 Å². The van der Waals surface area contributed by atoms with Crippen LogP contribution in [-0.4, -0.2) is 25.9 Å². The largest absolute Gasteiger partial charge is 0.508 e. The second-order valence-corrected chi connectivity index (χ2v) is 5.38. The molecule has 0 aromatic heterocycles. The topological polar surface area (TPSA) is 50.7 Å². The van der Waals surface area contributed by atoms with Gasteiger partial charge in [-0.15, -0.1) is 12.4 Å². The molecule has 0 atom stereocenters. The summed E-state index contributed by atoms with van der Waals surface area (Å²) in [6.45, 7) is 3.53. The summed E-state index contributed by atoms with van der Waals surface area (Å²) in [5.41, 5.74) is 3.17. The highest BCUT2D eigenvalue weighted by molar-refractivity contribution is 5.85. The highest BCUT2D eigenvalue weighted by Gasteiger charge is 2.10. The number of aromatic hydroxyl groups is 1. The minimum atomic E-state index is 0. The first-order valence-electron chi connectivity index (χ1n) is 7.91. The number of ether oxygens (including phenoxy) is 2. The fourth-order valence-corrected chi connectivity index (χ4v) is 2.60. The third kappa shape index (κ3) is 5.05. The molecule has 0 aliphatic heterocycles. The van der Waals surface area contributed by atoms with Gasteiger partial charge in [0.1, 0.15) is 17.2 Å². The van der Waals surface area contributed by atoms with Gasteiger partial charge >= 0.3 is 0 Å². The molecule has 0 bridgehead atoms. The Morgan fingerprint density at radius 3 is 2.21 bits per heavy atom. The van der Waals surface area contributed by atoms with Gasteiger partial charge in [0.2, 0.25) is 0 Å². The maximum Gasteiger partial charge on any atom is 0.122 e. The van der Waals surface area contributed by atoms with Crippen molar-refractivity contribution in [1.29, 1.82) is 0 Å². The van der Waals surface area contributed by atoms with Crippen molar-refractivity contribution in [2.24, 2.45) is 0 Å². The van der Waals surface area contributed by atoms with Crippen LogP contribution in [0.4, 0.5) is 0 Å². The van der Waals surface area contributed by atoms with Crippen LogP contribution in [0, 0.1) is 0 Å². The predicted molar refractivity (Wildman–Crippen MR) is 99.7 cm³/mol. The number of phenolic OH excluding ortho intramolecular Hbond substituents is 1. The molecule has 0 radical (unpaired) electrons. The molecular formula is C19H26ClNO3. The number of benzene rings is 2. The number of methoxy groups -OCH3 is 2. The number of nitrogens with one attached hydrogen (secondary N) is 1. The van der Waals surface area contributed by atoms with E-state index in [-0.39, 0.29) is 12.4 Å². The van der Waals surface area contributed by atoms with E-state index in [2.05, 4.69) is 24.4 Å². The van der Waals surface area contributed by atoms with Gasteiger partial charge in [-0.25, -0.2) is 0 Å². The number of halogens is 1. The molecule has 0 aliphatic carbocycles. The van der Waals surface area contributed by atoms with Crippen LogP contribution in [0.3, 0.4) is 0 Å². The highest BCUT2D eigenvalue weighted by atomic mass is 35.5. The second-order valence-electron chi connectivity index (χ2n) is 5.38. The van der Waals surface area contributed by atoms with Gasteiger partial charge in [-0.05, 0) is 48.7 Å². The Labute approximate surface area is 150 Å². The Kier molecular flexibility index (Phi) is 8.44. The quantitative estimate of drug-likeness (QED) is 0.711. The minimum absolute atomic E-state index is 0. The van der Waals surface area contributed by atoms with Crippen LogP contribution in [0.15, 0.2) is 36.4 Å². The summed E-state index contributed by atoms with van der Waals surface area (Å²) >= 11 is 0. The molecule has 0 saturated heterocycles. The molecule has 2 aromatic carbocycles. The number of hydrogen-bond acceptors (Lipinski definition) is 4. The van der Waals surface area contributed by atoms with Gasteiger partial charge in [-0.2, -0.15) is 0 Å². The van der Waals surface area contributed by atoms with Crippen LogP contribution in [-0.2, 0) is 19.4 Å². The Morgan fingerprint density at radius 2 is 1.58 bits per heavy atom. The van der Waals surface area contributed by atoms with E-state index in [0.29, 0.717) is 12.3 Å². The Hall–Kier alpha value is -1.91. The van der Waals surface area contributed by atoms with Crippen LogP contribution in [0.5, 0.6) is 17.2 Å². The van der Waals surface area contributed by atoms with Crippen molar-refractivity contribution >= 4 is 12.4 Å². The molecule has 2 aromatic rings. The molecule has 5 heteroatoms. The zero-order valence-corrected chi connectivity index (χ0v) is 15.3. The smallest absolute Gasteiger partial charge is 0.122 e. The van der Waals surface area contributed by atoms with Crippen molar-refractivity contribution in [2.75, 3.05) is 20.8 Å². The SMILES string of the molecule is CCc1cc(OC)c(CCNCc2ccccc2O)cc1OC.Cl. The lowest BCUT2D eigenvalue weighted by molar-refractivity contribution is 0.394. The maximum atomic E-state index is 9.76. The molecule has 0 spiro atoms. The van der Waals surface area contributed by atoms with E-state index < -0.39 is 0 Å². The summed E-state index contributed by atoms with van der Waals surface area (Å²) in [7, 11) is 3.39. The van der Waals surface area contributed by atoms with E-state index in [9.17, 15) is 5.11 Å². The van der Waals surface area contributed by atoms with E-state index in [1.165, 1.54) is 0 Å². The number of rotatable bonds is 8. The van der Waals surface area contributed by atoms with E-state index in [0.717, 1.165) is 47.6 Å². The molecule has 2 N–H and O–H groups in total.